The summed E-state index contributed by atoms with van der Waals surface area (Å²) in [6.07, 6.45) is 1.58. The van der Waals surface area contributed by atoms with E-state index in [2.05, 4.69) is 0 Å². The lowest BCUT2D eigenvalue weighted by molar-refractivity contribution is 0.0660. The Morgan fingerprint density at radius 3 is 2.54 bits per heavy atom. The monoisotopic (exact) mass is 345 g/mol. The molecular weight excluding hydrogens is 326 g/mol. The fourth-order valence-corrected chi connectivity index (χ4v) is 3.62. The van der Waals surface area contributed by atoms with Crippen LogP contribution in [0.3, 0.4) is 0 Å². The molecule has 2 aromatic rings. The normalized spacial score (nSPS) is 16.9. The first-order valence-corrected chi connectivity index (χ1v) is 8.72. The van der Waals surface area contributed by atoms with Crippen molar-refractivity contribution in [1.29, 1.82) is 0 Å². The number of rotatable bonds is 6. The SMILES string of the molecule is O=C(O)c1ccc(C(=O)N(CCc2ccccc2)[C@@H]2CCOC2)s1. The summed E-state index contributed by atoms with van der Waals surface area (Å²) in [5.74, 6) is -1.11. The highest BCUT2D eigenvalue weighted by molar-refractivity contribution is 7.15. The van der Waals surface area contributed by atoms with Gasteiger partial charge in [0.1, 0.15) is 4.88 Å². The van der Waals surface area contributed by atoms with Gasteiger partial charge in [-0.2, -0.15) is 0 Å². The largest absolute Gasteiger partial charge is 0.477 e. The van der Waals surface area contributed by atoms with E-state index in [0.29, 0.717) is 24.6 Å². The average molecular weight is 345 g/mol. The van der Waals surface area contributed by atoms with Crippen molar-refractivity contribution in [3.8, 4) is 0 Å². The number of ether oxygens (including phenoxy) is 1. The van der Waals surface area contributed by atoms with Crippen molar-refractivity contribution in [1.82, 2.24) is 4.90 Å². The second-order valence-electron chi connectivity index (χ2n) is 5.72. The van der Waals surface area contributed by atoms with Crippen LogP contribution in [0.5, 0.6) is 0 Å². The van der Waals surface area contributed by atoms with Gasteiger partial charge < -0.3 is 14.7 Å². The van der Waals surface area contributed by atoms with Crippen molar-refractivity contribution in [3.63, 3.8) is 0 Å². The van der Waals surface area contributed by atoms with E-state index in [4.69, 9.17) is 9.84 Å². The molecule has 2 heterocycles. The maximum absolute atomic E-state index is 12.9. The molecule has 1 aliphatic heterocycles. The molecule has 0 unspecified atom stereocenters. The maximum atomic E-state index is 12.9. The van der Waals surface area contributed by atoms with Gasteiger partial charge in [-0.25, -0.2) is 4.79 Å². The molecule has 24 heavy (non-hydrogen) atoms. The molecule has 0 spiro atoms. The highest BCUT2D eigenvalue weighted by atomic mass is 32.1. The number of carbonyl (C=O) groups is 2. The number of aromatic carboxylic acids is 1. The lowest BCUT2D eigenvalue weighted by Crippen LogP contribution is -2.41. The highest BCUT2D eigenvalue weighted by Crippen LogP contribution is 2.22. The van der Waals surface area contributed by atoms with Crippen molar-refractivity contribution >= 4 is 23.2 Å². The molecular formula is C18H19NO4S. The number of amides is 1. The van der Waals surface area contributed by atoms with Crippen LogP contribution in [0.1, 0.15) is 31.3 Å². The number of benzene rings is 1. The zero-order valence-corrected chi connectivity index (χ0v) is 14.0. The predicted molar refractivity (Wildman–Crippen MR) is 91.7 cm³/mol. The van der Waals surface area contributed by atoms with E-state index in [1.165, 1.54) is 11.6 Å². The Kier molecular flexibility index (Phi) is 5.27. The molecule has 0 aliphatic carbocycles. The first-order valence-electron chi connectivity index (χ1n) is 7.91. The lowest BCUT2D eigenvalue weighted by Gasteiger charge is -2.27. The molecule has 1 aromatic carbocycles. The van der Waals surface area contributed by atoms with Crippen LogP contribution < -0.4 is 0 Å². The molecule has 0 radical (unpaired) electrons. The van der Waals surface area contributed by atoms with Gasteiger partial charge in [-0.1, -0.05) is 30.3 Å². The quantitative estimate of drug-likeness (QED) is 0.874. The minimum absolute atomic E-state index is 0.0524. The Bertz CT molecular complexity index is 707. The molecule has 6 heteroatoms. The van der Waals surface area contributed by atoms with Gasteiger partial charge in [0, 0.05) is 13.2 Å². The first kappa shape index (κ1) is 16.7. The van der Waals surface area contributed by atoms with E-state index in [9.17, 15) is 9.59 Å². The van der Waals surface area contributed by atoms with Crippen LogP contribution >= 0.6 is 11.3 Å². The maximum Gasteiger partial charge on any atom is 0.345 e. The van der Waals surface area contributed by atoms with Gasteiger partial charge in [0.15, 0.2) is 0 Å². The third-order valence-corrected chi connectivity index (χ3v) is 5.18. The summed E-state index contributed by atoms with van der Waals surface area (Å²) in [6.45, 7) is 1.79. The molecule has 1 N–H and O–H groups in total. The summed E-state index contributed by atoms with van der Waals surface area (Å²) >= 11 is 1.03. The topological polar surface area (TPSA) is 66.8 Å². The van der Waals surface area contributed by atoms with E-state index in [0.717, 1.165) is 24.2 Å². The molecule has 1 saturated heterocycles. The number of thiophene rings is 1. The van der Waals surface area contributed by atoms with Gasteiger partial charge in [0.25, 0.3) is 5.91 Å². The van der Waals surface area contributed by atoms with Gasteiger partial charge in [-0.05, 0) is 30.5 Å². The molecule has 1 fully saturated rings. The van der Waals surface area contributed by atoms with Gasteiger partial charge in [-0.3, -0.25) is 4.79 Å². The zero-order chi connectivity index (χ0) is 16.9. The number of carbonyl (C=O) groups excluding carboxylic acids is 1. The van der Waals surface area contributed by atoms with Crippen molar-refractivity contribution in [2.45, 2.75) is 18.9 Å². The Hall–Kier alpha value is -2.18. The number of hydrogen-bond acceptors (Lipinski definition) is 4. The number of carboxylic acids is 1. The number of carboxylic acid groups (broad SMARTS) is 1. The van der Waals surface area contributed by atoms with E-state index < -0.39 is 5.97 Å². The second-order valence-corrected chi connectivity index (χ2v) is 6.80. The molecule has 0 bridgehead atoms. The van der Waals surface area contributed by atoms with Crippen LogP contribution in [0.2, 0.25) is 0 Å². The van der Waals surface area contributed by atoms with Crippen LogP contribution in [0.15, 0.2) is 42.5 Å². The molecule has 1 amide bonds. The van der Waals surface area contributed by atoms with Crippen LogP contribution in [0.4, 0.5) is 0 Å². The number of nitrogens with zero attached hydrogens (tertiary/aromatic N) is 1. The second kappa shape index (κ2) is 7.59. The minimum atomic E-state index is -1.00. The van der Waals surface area contributed by atoms with Crippen molar-refractivity contribution < 1.29 is 19.4 Å². The smallest absolute Gasteiger partial charge is 0.345 e. The van der Waals surface area contributed by atoms with Crippen LogP contribution in [0.25, 0.3) is 0 Å². The Labute approximate surface area is 144 Å². The average Bonchev–Trinajstić information content (AvgIpc) is 3.28. The standard InChI is InChI=1S/C18H19NO4S/c20-17(15-6-7-16(24-15)18(21)22)19(14-9-11-23-12-14)10-8-13-4-2-1-3-5-13/h1-7,14H,8-12H2,(H,21,22)/t14-/m1/s1. The molecule has 1 aromatic heterocycles. The zero-order valence-electron chi connectivity index (χ0n) is 13.2. The summed E-state index contributed by atoms with van der Waals surface area (Å²) in [7, 11) is 0. The van der Waals surface area contributed by atoms with Crippen molar-refractivity contribution in [2.24, 2.45) is 0 Å². The third-order valence-electron chi connectivity index (χ3n) is 4.12. The van der Waals surface area contributed by atoms with Gasteiger partial charge >= 0.3 is 5.97 Å². The summed E-state index contributed by atoms with van der Waals surface area (Å²) in [5.41, 5.74) is 1.17. The molecule has 126 valence electrons. The van der Waals surface area contributed by atoms with Gasteiger partial charge in [0.05, 0.1) is 17.5 Å². The fraction of sp³-hybridized carbons (Fsp3) is 0.333. The van der Waals surface area contributed by atoms with Gasteiger partial charge in [-0.15, -0.1) is 11.3 Å². The molecule has 5 nitrogen and oxygen atoms in total. The Morgan fingerprint density at radius 1 is 1.17 bits per heavy atom. The summed E-state index contributed by atoms with van der Waals surface area (Å²) in [6, 6.07) is 13.2. The fourth-order valence-electron chi connectivity index (χ4n) is 2.82. The summed E-state index contributed by atoms with van der Waals surface area (Å²) in [5, 5.41) is 9.05. The third kappa shape index (κ3) is 3.83. The van der Waals surface area contributed by atoms with Gasteiger partial charge in [0.2, 0.25) is 0 Å². The van der Waals surface area contributed by atoms with Crippen LogP contribution in [-0.2, 0) is 11.2 Å². The van der Waals surface area contributed by atoms with E-state index in [1.54, 1.807) is 6.07 Å². The molecule has 1 atom stereocenters. The summed E-state index contributed by atoms with van der Waals surface area (Å²) in [4.78, 5) is 26.4. The minimum Gasteiger partial charge on any atom is -0.477 e. The van der Waals surface area contributed by atoms with Crippen LogP contribution in [-0.4, -0.2) is 47.7 Å². The molecule has 0 saturated carbocycles. The molecule has 1 aliphatic rings. The Balaban J connectivity index is 1.75. The van der Waals surface area contributed by atoms with E-state index in [-0.39, 0.29) is 16.8 Å². The lowest BCUT2D eigenvalue weighted by atomic mass is 10.1. The predicted octanol–water partition coefficient (Wildman–Crippen LogP) is 2.92. The first-order chi connectivity index (χ1) is 11.6. The van der Waals surface area contributed by atoms with Crippen molar-refractivity contribution in [3.05, 3.63) is 57.8 Å². The molecule has 3 rings (SSSR count). The highest BCUT2D eigenvalue weighted by Gasteiger charge is 2.29. The number of hydrogen-bond donors (Lipinski definition) is 1. The Morgan fingerprint density at radius 2 is 1.92 bits per heavy atom. The van der Waals surface area contributed by atoms with E-state index >= 15 is 0 Å². The van der Waals surface area contributed by atoms with Crippen LogP contribution in [0, 0.1) is 0 Å². The summed E-state index contributed by atoms with van der Waals surface area (Å²) < 4.78 is 5.43. The van der Waals surface area contributed by atoms with Crippen molar-refractivity contribution in [2.75, 3.05) is 19.8 Å². The van der Waals surface area contributed by atoms with E-state index in [1.807, 2.05) is 35.2 Å².